The Bertz CT molecular complexity index is 341. The maximum absolute atomic E-state index is 11.3. The quantitative estimate of drug-likeness (QED) is 0.811. The van der Waals surface area contributed by atoms with Crippen LogP contribution in [0.25, 0.3) is 0 Å². The second-order valence-electron chi connectivity index (χ2n) is 5.07. The highest BCUT2D eigenvalue weighted by Gasteiger charge is 2.28. The lowest BCUT2D eigenvalue weighted by atomic mass is 9.86. The van der Waals surface area contributed by atoms with E-state index in [9.17, 15) is 4.79 Å². The van der Waals surface area contributed by atoms with Crippen LogP contribution in [0.3, 0.4) is 0 Å². The third-order valence-electron chi connectivity index (χ3n) is 2.50. The molecule has 0 saturated carbocycles. The Labute approximate surface area is 97.0 Å². The van der Waals surface area contributed by atoms with Crippen molar-refractivity contribution < 1.29 is 4.79 Å². The Morgan fingerprint density at radius 2 is 1.88 bits per heavy atom. The van der Waals surface area contributed by atoms with Crippen LogP contribution in [0.15, 0.2) is 30.3 Å². The minimum absolute atomic E-state index is 0.166. The number of hydrogen-bond donors (Lipinski definition) is 2. The van der Waals surface area contributed by atoms with Crippen LogP contribution in [0.4, 0.5) is 0 Å². The summed E-state index contributed by atoms with van der Waals surface area (Å²) in [5.74, 6) is -0.302. The molecule has 1 atom stereocenters. The lowest BCUT2D eigenvalue weighted by Gasteiger charge is -2.28. The second kappa shape index (κ2) is 5.12. The highest BCUT2D eigenvalue weighted by atomic mass is 16.1. The van der Waals surface area contributed by atoms with Gasteiger partial charge in [0, 0.05) is 6.54 Å². The van der Waals surface area contributed by atoms with E-state index in [4.69, 9.17) is 5.73 Å². The minimum Gasteiger partial charge on any atom is -0.368 e. The third kappa shape index (κ3) is 3.66. The van der Waals surface area contributed by atoms with Crippen molar-refractivity contribution in [2.45, 2.75) is 33.4 Å². The van der Waals surface area contributed by atoms with E-state index in [1.165, 1.54) is 0 Å². The SMILES string of the molecule is CC(C)(C)[C@H](NCc1ccccc1)C(N)=O. The summed E-state index contributed by atoms with van der Waals surface area (Å²) in [5, 5.41) is 3.20. The van der Waals surface area contributed by atoms with Crippen LogP contribution in [0.2, 0.25) is 0 Å². The maximum atomic E-state index is 11.3. The first-order chi connectivity index (χ1) is 7.41. The van der Waals surface area contributed by atoms with Crippen LogP contribution in [0.5, 0.6) is 0 Å². The number of nitrogens with two attached hydrogens (primary N) is 1. The highest BCUT2D eigenvalue weighted by molar-refractivity contribution is 5.80. The molecule has 88 valence electrons. The summed E-state index contributed by atoms with van der Waals surface area (Å²) in [6.45, 7) is 6.66. The van der Waals surface area contributed by atoms with Gasteiger partial charge in [-0.2, -0.15) is 0 Å². The van der Waals surface area contributed by atoms with E-state index >= 15 is 0 Å². The molecule has 16 heavy (non-hydrogen) atoms. The molecule has 0 aromatic heterocycles. The van der Waals surface area contributed by atoms with Gasteiger partial charge in [-0.15, -0.1) is 0 Å². The molecule has 0 unspecified atom stereocenters. The van der Waals surface area contributed by atoms with Crippen LogP contribution >= 0.6 is 0 Å². The second-order valence-corrected chi connectivity index (χ2v) is 5.07. The van der Waals surface area contributed by atoms with Crippen molar-refractivity contribution in [2.24, 2.45) is 11.1 Å². The molecule has 0 aliphatic heterocycles. The molecule has 1 aromatic rings. The summed E-state index contributed by atoms with van der Waals surface area (Å²) in [5.41, 5.74) is 6.37. The molecule has 0 fully saturated rings. The van der Waals surface area contributed by atoms with E-state index in [1.807, 2.05) is 51.1 Å². The average Bonchev–Trinajstić information content (AvgIpc) is 2.17. The van der Waals surface area contributed by atoms with Crippen molar-refractivity contribution in [3.63, 3.8) is 0 Å². The van der Waals surface area contributed by atoms with Gasteiger partial charge in [0.2, 0.25) is 5.91 Å². The van der Waals surface area contributed by atoms with Crippen molar-refractivity contribution >= 4 is 5.91 Å². The lowest BCUT2D eigenvalue weighted by Crippen LogP contribution is -2.49. The van der Waals surface area contributed by atoms with Gasteiger partial charge in [-0.3, -0.25) is 4.79 Å². The number of hydrogen-bond acceptors (Lipinski definition) is 2. The van der Waals surface area contributed by atoms with Crippen molar-refractivity contribution in [2.75, 3.05) is 0 Å². The van der Waals surface area contributed by atoms with Gasteiger partial charge in [0.25, 0.3) is 0 Å². The van der Waals surface area contributed by atoms with Gasteiger partial charge in [-0.25, -0.2) is 0 Å². The first kappa shape index (κ1) is 12.7. The molecule has 0 spiro atoms. The molecule has 1 amide bonds. The average molecular weight is 220 g/mol. The summed E-state index contributed by atoms with van der Waals surface area (Å²) < 4.78 is 0. The van der Waals surface area contributed by atoms with Gasteiger partial charge < -0.3 is 11.1 Å². The Hall–Kier alpha value is -1.35. The van der Waals surface area contributed by atoms with Crippen molar-refractivity contribution in [3.05, 3.63) is 35.9 Å². The van der Waals surface area contributed by atoms with Gasteiger partial charge in [-0.05, 0) is 11.0 Å². The molecule has 1 rings (SSSR count). The molecule has 3 N–H and O–H groups in total. The zero-order chi connectivity index (χ0) is 12.2. The molecule has 3 heteroatoms. The molecule has 3 nitrogen and oxygen atoms in total. The highest BCUT2D eigenvalue weighted by Crippen LogP contribution is 2.19. The van der Waals surface area contributed by atoms with E-state index in [0.29, 0.717) is 6.54 Å². The Kier molecular flexibility index (Phi) is 4.07. The van der Waals surface area contributed by atoms with E-state index in [0.717, 1.165) is 5.56 Å². The van der Waals surface area contributed by atoms with E-state index in [1.54, 1.807) is 0 Å². The van der Waals surface area contributed by atoms with Crippen LogP contribution in [-0.2, 0) is 11.3 Å². The molecule has 0 radical (unpaired) electrons. The molecule has 0 aliphatic carbocycles. The number of amides is 1. The van der Waals surface area contributed by atoms with Crippen molar-refractivity contribution in [1.29, 1.82) is 0 Å². The standard InChI is InChI=1S/C13H20N2O/c1-13(2,3)11(12(14)16)15-9-10-7-5-4-6-8-10/h4-8,11,15H,9H2,1-3H3,(H2,14,16)/t11-/m1/s1. The largest absolute Gasteiger partial charge is 0.368 e. The topological polar surface area (TPSA) is 55.1 Å². The summed E-state index contributed by atoms with van der Waals surface area (Å²) in [4.78, 5) is 11.3. The summed E-state index contributed by atoms with van der Waals surface area (Å²) in [7, 11) is 0. The van der Waals surface area contributed by atoms with E-state index in [-0.39, 0.29) is 17.4 Å². The number of benzene rings is 1. The molecule has 0 bridgehead atoms. The first-order valence-corrected chi connectivity index (χ1v) is 5.48. The molecular formula is C13H20N2O. The van der Waals surface area contributed by atoms with Crippen LogP contribution in [-0.4, -0.2) is 11.9 Å². The lowest BCUT2D eigenvalue weighted by molar-refractivity contribution is -0.122. The zero-order valence-electron chi connectivity index (χ0n) is 10.2. The Balaban J connectivity index is 2.62. The van der Waals surface area contributed by atoms with Gasteiger partial charge in [0.1, 0.15) is 0 Å². The van der Waals surface area contributed by atoms with Crippen LogP contribution in [0.1, 0.15) is 26.3 Å². The molecule has 0 heterocycles. The van der Waals surface area contributed by atoms with Gasteiger partial charge in [0.05, 0.1) is 6.04 Å². The first-order valence-electron chi connectivity index (χ1n) is 5.48. The fraction of sp³-hybridized carbons (Fsp3) is 0.462. The predicted octanol–water partition coefficient (Wildman–Crippen LogP) is 1.68. The van der Waals surface area contributed by atoms with E-state index < -0.39 is 0 Å². The van der Waals surface area contributed by atoms with Crippen molar-refractivity contribution in [1.82, 2.24) is 5.32 Å². The molecule has 0 aliphatic rings. The number of nitrogens with one attached hydrogen (secondary N) is 1. The fourth-order valence-corrected chi connectivity index (χ4v) is 1.65. The van der Waals surface area contributed by atoms with Gasteiger partial charge >= 0.3 is 0 Å². The third-order valence-corrected chi connectivity index (χ3v) is 2.50. The number of primary amides is 1. The minimum atomic E-state index is -0.312. The van der Waals surface area contributed by atoms with Crippen LogP contribution in [0, 0.1) is 5.41 Å². The maximum Gasteiger partial charge on any atom is 0.235 e. The van der Waals surface area contributed by atoms with Crippen molar-refractivity contribution in [3.8, 4) is 0 Å². The zero-order valence-corrected chi connectivity index (χ0v) is 10.2. The summed E-state index contributed by atoms with van der Waals surface area (Å²) in [6.07, 6.45) is 0. The van der Waals surface area contributed by atoms with Crippen LogP contribution < -0.4 is 11.1 Å². The molecule has 0 saturated heterocycles. The monoisotopic (exact) mass is 220 g/mol. The fourth-order valence-electron chi connectivity index (χ4n) is 1.65. The summed E-state index contributed by atoms with van der Waals surface area (Å²) >= 11 is 0. The number of carbonyl (C=O) groups excluding carboxylic acids is 1. The number of carbonyl (C=O) groups is 1. The smallest absolute Gasteiger partial charge is 0.235 e. The molecular weight excluding hydrogens is 200 g/mol. The normalized spacial score (nSPS) is 13.4. The summed E-state index contributed by atoms with van der Waals surface area (Å²) in [6, 6.07) is 9.66. The number of rotatable bonds is 4. The van der Waals surface area contributed by atoms with Gasteiger partial charge in [0.15, 0.2) is 0 Å². The predicted molar refractivity (Wildman–Crippen MR) is 65.7 cm³/mol. The Morgan fingerprint density at radius 1 is 1.31 bits per heavy atom. The van der Waals surface area contributed by atoms with E-state index in [2.05, 4.69) is 5.32 Å². The molecule has 1 aromatic carbocycles. The Morgan fingerprint density at radius 3 is 2.31 bits per heavy atom. The van der Waals surface area contributed by atoms with Gasteiger partial charge in [-0.1, -0.05) is 51.1 Å².